The van der Waals surface area contributed by atoms with E-state index in [0.29, 0.717) is 59.8 Å². The maximum Gasteiger partial charge on any atom is 0.270 e. The predicted molar refractivity (Wildman–Crippen MR) is 163 cm³/mol. The molecule has 12 heteroatoms. The van der Waals surface area contributed by atoms with Gasteiger partial charge >= 0.3 is 0 Å². The van der Waals surface area contributed by atoms with Gasteiger partial charge in [-0.1, -0.05) is 12.8 Å². The molecule has 5 aromatic rings. The number of rotatable bonds is 6. The van der Waals surface area contributed by atoms with E-state index in [-0.39, 0.29) is 17.4 Å². The second-order valence-electron chi connectivity index (χ2n) is 10.9. The number of amides is 1. The van der Waals surface area contributed by atoms with Gasteiger partial charge in [-0.05, 0) is 31.0 Å². The van der Waals surface area contributed by atoms with E-state index in [4.69, 9.17) is 14.1 Å². The number of ether oxygens (including phenoxy) is 1. The molecule has 2 fully saturated rings. The van der Waals surface area contributed by atoms with Crippen LogP contribution in [0.2, 0.25) is 0 Å². The molecule has 216 valence electrons. The van der Waals surface area contributed by atoms with Crippen LogP contribution in [0.4, 0.5) is 17.5 Å². The lowest BCUT2D eigenvalue weighted by Gasteiger charge is -2.27. The van der Waals surface area contributed by atoms with Crippen molar-refractivity contribution in [1.82, 2.24) is 24.4 Å². The number of nitrogens with one attached hydrogen (secondary N) is 1. The van der Waals surface area contributed by atoms with Gasteiger partial charge in [0.2, 0.25) is 11.4 Å². The predicted octanol–water partition coefficient (Wildman–Crippen LogP) is 5.06. The molecule has 0 aromatic carbocycles. The van der Waals surface area contributed by atoms with E-state index < -0.39 is 0 Å². The van der Waals surface area contributed by atoms with Crippen molar-refractivity contribution < 1.29 is 13.9 Å². The van der Waals surface area contributed by atoms with Crippen LogP contribution in [-0.4, -0.2) is 70.7 Å². The van der Waals surface area contributed by atoms with E-state index >= 15 is 0 Å². The molecule has 1 saturated heterocycles. The van der Waals surface area contributed by atoms with Gasteiger partial charge in [-0.3, -0.25) is 14.6 Å². The standard InChI is InChI=1S/C30H31N7O4S/c1-35(2)29(39)23-13-18-16-32-30(34-28(18)37(23)20-5-3-4-6-20)33-19-7-8-31-22(14-19)21-17-42-27-24(38)15-25(41-26(21)27)36-9-11-40-12-10-36/h7-8,13-17,20H,3-6,9-12H2,1-2H3,(H,31,32,33,34). The number of pyridine rings is 1. The second kappa shape index (κ2) is 10.8. The van der Waals surface area contributed by atoms with E-state index in [1.165, 1.54) is 11.3 Å². The summed E-state index contributed by atoms with van der Waals surface area (Å²) in [4.78, 5) is 43.6. The van der Waals surface area contributed by atoms with Crippen molar-refractivity contribution in [3.8, 4) is 11.3 Å². The Morgan fingerprint density at radius 3 is 2.71 bits per heavy atom. The zero-order chi connectivity index (χ0) is 28.8. The van der Waals surface area contributed by atoms with E-state index in [9.17, 15) is 9.59 Å². The zero-order valence-corrected chi connectivity index (χ0v) is 24.3. The fourth-order valence-corrected chi connectivity index (χ4v) is 6.72. The first-order valence-corrected chi connectivity index (χ1v) is 15.1. The highest BCUT2D eigenvalue weighted by atomic mass is 32.1. The minimum absolute atomic E-state index is 0.0420. The molecule has 7 rings (SSSR count). The number of thiophene rings is 1. The van der Waals surface area contributed by atoms with E-state index in [2.05, 4.69) is 19.9 Å². The maximum atomic E-state index is 13.0. The number of fused-ring (bicyclic) bond motifs is 2. The van der Waals surface area contributed by atoms with Crippen LogP contribution < -0.4 is 15.6 Å². The van der Waals surface area contributed by atoms with Crippen molar-refractivity contribution in [1.29, 1.82) is 0 Å². The topological polar surface area (TPSA) is 119 Å². The summed E-state index contributed by atoms with van der Waals surface area (Å²) in [5.74, 6) is 0.931. The number of hydrogen-bond donors (Lipinski definition) is 1. The molecule has 1 aliphatic carbocycles. The molecular weight excluding hydrogens is 554 g/mol. The quantitative estimate of drug-likeness (QED) is 0.292. The average Bonchev–Trinajstić information content (AvgIpc) is 3.76. The van der Waals surface area contributed by atoms with Crippen LogP contribution in [0.3, 0.4) is 0 Å². The van der Waals surface area contributed by atoms with Gasteiger partial charge in [0.05, 0.1) is 24.5 Å². The molecule has 1 aliphatic heterocycles. The molecule has 0 atom stereocenters. The number of carbonyl (C=O) groups excluding carboxylic acids is 1. The number of morpholine rings is 1. The van der Waals surface area contributed by atoms with Crippen LogP contribution in [0.1, 0.15) is 42.2 Å². The molecule has 1 saturated carbocycles. The third-order valence-electron chi connectivity index (χ3n) is 7.94. The summed E-state index contributed by atoms with van der Waals surface area (Å²) < 4.78 is 14.4. The summed E-state index contributed by atoms with van der Waals surface area (Å²) in [6, 6.07) is 7.43. The summed E-state index contributed by atoms with van der Waals surface area (Å²) in [6.45, 7) is 2.54. The van der Waals surface area contributed by atoms with Gasteiger partial charge < -0.3 is 28.8 Å². The van der Waals surface area contributed by atoms with E-state index in [0.717, 1.165) is 48.0 Å². The molecule has 42 heavy (non-hydrogen) atoms. The highest BCUT2D eigenvalue weighted by Gasteiger charge is 2.26. The van der Waals surface area contributed by atoms with E-state index in [1.807, 2.05) is 28.5 Å². The normalized spacial score (nSPS) is 16.0. The van der Waals surface area contributed by atoms with Gasteiger partial charge in [0.1, 0.15) is 16.0 Å². The van der Waals surface area contributed by atoms with Gasteiger partial charge in [-0.2, -0.15) is 4.98 Å². The molecule has 2 aliphatic rings. The van der Waals surface area contributed by atoms with Crippen LogP contribution in [0.5, 0.6) is 0 Å². The SMILES string of the molecule is CN(C)C(=O)c1cc2cnc(Nc3ccnc(-c4csc5c(=O)cc(N6CCOCC6)oc45)c3)nc2n1C1CCCC1. The van der Waals surface area contributed by atoms with Crippen LogP contribution >= 0.6 is 11.3 Å². The van der Waals surface area contributed by atoms with Gasteiger partial charge in [0, 0.05) is 68.1 Å². The number of aromatic nitrogens is 4. The molecule has 0 bridgehead atoms. The number of hydrogen-bond acceptors (Lipinski definition) is 10. The van der Waals surface area contributed by atoms with Crippen molar-refractivity contribution >= 4 is 56.1 Å². The smallest absolute Gasteiger partial charge is 0.270 e. The molecule has 11 nitrogen and oxygen atoms in total. The largest absolute Gasteiger partial charge is 0.439 e. The first-order valence-electron chi connectivity index (χ1n) is 14.2. The first-order chi connectivity index (χ1) is 20.5. The van der Waals surface area contributed by atoms with Crippen LogP contribution in [0.15, 0.2) is 51.3 Å². The fraction of sp³-hybridized carbons (Fsp3) is 0.367. The van der Waals surface area contributed by atoms with E-state index in [1.54, 1.807) is 37.5 Å². The van der Waals surface area contributed by atoms with Gasteiger partial charge in [-0.25, -0.2) is 4.98 Å². The van der Waals surface area contributed by atoms with Crippen LogP contribution in [0, 0.1) is 0 Å². The van der Waals surface area contributed by atoms with Crippen LogP contribution in [-0.2, 0) is 4.74 Å². The molecule has 5 aromatic heterocycles. The zero-order valence-electron chi connectivity index (χ0n) is 23.5. The Kier molecular flexibility index (Phi) is 6.87. The molecule has 0 unspecified atom stereocenters. The van der Waals surface area contributed by atoms with Crippen molar-refractivity contribution in [2.24, 2.45) is 0 Å². The summed E-state index contributed by atoms with van der Waals surface area (Å²) in [7, 11) is 3.54. The fourth-order valence-electron chi connectivity index (χ4n) is 5.83. The molecule has 0 radical (unpaired) electrons. The Morgan fingerprint density at radius 1 is 1.12 bits per heavy atom. The van der Waals surface area contributed by atoms with Crippen LogP contribution in [0.25, 0.3) is 32.6 Å². The molecule has 6 heterocycles. The summed E-state index contributed by atoms with van der Waals surface area (Å²) in [5.41, 5.74) is 4.02. The minimum atomic E-state index is -0.0673. The molecule has 0 spiro atoms. The Balaban J connectivity index is 1.23. The monoisotopic (exact) mass is 585 g/mol. The lowest BCUT2D eigenvalue weighted by atomic mass is 10.2. The highest BCUT2D eigenvalue weighted by Crippen LogP contribution is 2.36. The lowest BCUT2D eigenvalue weighted by molar-refractivity contribution is 0.0815. The number of anilines is 3. The van der Waals surface area contributed by atoms with Gasteiger partial charge in [0.25, 0.3) is 5.91 Å². The molecule has 1 amide bonds. The number of carbonyl (C=O) groups is 1. The maximum absolute atomic E-state index is 13.0. The van der Waals surface area contributed by atoms with Crippen molar-refractivity contribution in [3.63, 3.8) is 0 Å². The van der Waals surface area contributed by atoms with Crippen molar-refractivity contribution in [3.05, 3.63) is 58.0 Å². The Morgan fingerprint density at radius 2 is 1.93 bits per heavy atom. The molecule has 1 N–H and O–H groups in total. The third kappa shape index (κ3) is 4.80. The summed E-state index contributed by atoms with van der Waals surface area (Å²) >= 11 is 1.35. The Bertz CT molecular complexity index is 1850. The Hall–Kier alpha value is -4.29. The van der Waals surface area contributed by atoms with Crippen molar-refractivity contribution in [2.45, 2.75) is 31.7 Å². The second-order valence-corrected chi connectivity index (χ2v) is 11.8. The summed E-state index contributed by atoms with van der Waals surface area (Å²) in [5, 5.41) is 6.06. The third-order valence-corrected chi connectivity index (χ3v) is 8.91. The van der Waals surface area contributed by atoms with Crippen molar-refractivity contribution in [2.75, 3.05) is 50.6 Å². The summed E-state index contributed by atoms with van der Waals surface area (Å²) in [6.07, 6.45) is 7.80. The Labute approximate surface area is 245 Å². The lowest BCUT2D eigenvalue weighted by Crippen LogP contribution is -2.36. The first kappa shape index (κ1) is 26.6. The highest BCUT2D eigenvalue weighted by molar-refractivity contribution is 7.17. The number of nitrogens with zero attached hydrogens (tertiary/aromatic N) is 6. The average molecular weight is 586 g/mol. The van der Waals surface area contributed by atoms with Gasteiger partial charge in [-0.15, -0.1) is 11.3 Å². The molecular formula is C30H31N7O4S. The minimum Gasteiger partial charge on any atom is -0.439 e. The van der Waals surface area contributed by atoms with Gasteiger partial charge in [0.15, 0.2) is 11.5 Å².